The van der Waals surface area contributed by atoms with Crippen LogP contribution in [-0.4, -0.2) is 43.6 Å². The Labute approximate surface area is 384 Å². The van der Waals surface area contributed by atoms with E-state index in [0.29, 0.717) is 57.5 Å². The Morgan fingerprint density at radius 2 is 0.970 bits per heavy atom. The van der Waals surface area contributed by atoms with Gasteiger partial charge in [-0.1, -0.05) is 97.1 Å². The fraction of sp³-hybridized carbons (Fsp3) is 0.164. The standard InChI is InChI=1S/C55H45NO11/c1-61-43-30-38(22-23-41(43)64-48(57)24-19-34-13-7-4-8-14-34)51-52-40-32-45(63-3)47(66-50(59)26-21-36-17-11-6-12-18-36)33-42(40)67-55(60)54(52)56-28-27-37-29-46(44(62-2)31-39(37)53(51)56)65-49(58)25-20-35-15-9-5-10-16-35/h4-18,22-23,27-33H,19-21,24-26H2,1-3H3. The molecule has 0 atom stereocenters. The Morgan fingerprint density at radius 3 is 1.49 bits per heavy atom. The molecule has 0 aliphatic heterocycles. The zero-order valence-corrected chi connectivity index (χ0v) is 37.0. The molecule has 0 spiro atoms. The lowest BCUT2D eigenvalue weighted by Gasteiger charge is -2.14. The Hall–Kier alpha value is -8.38. The minimum Gasteiger partial charge on any atom is -0.493 e. The highest BCUT2D eigenvalue weighted by atomic mass is 16.6. The Kier molecular flexibility index (Phi) is 12.7. The second kappa shape index (κ2) is 19.4. The van der Waals surface area contributed by atoms with Crippen molar-refractivity contribution >= 4 is 56.1 Å². The number of aryl methyl sites for hydroxylation is 3. The topological polar surface area (TPSA) is 141 Å². The normalized spacial score (nSPS) is 11.2. The number of hydrogen-bond donors (Lipinski definition) is 0. The first-order chi connectivity index (χ1) is 32.7. The number of nitrogens with zero attached hydrogens (tertiary/aromatic N) is 1. The number of carbonyl (C=O) groups is 3. The minimum absolute atomic E-state index is 0.0852. The quantitative estimate of drug-likeness (QED) is 0.0520. The lowest BCUT2D eigenvalue weighted by Crippen LogP contribution is -2.10. The zero-order valence-electron chi connectivity index (χ0n) is 37.0. The molecule has 12 heteroatoms. The third-order valence-electron chi connectivity index (χ3n) is 11.6. The predicted octanol–water partition coefficient (Wildman–Crippen LogP) is 10.7. The average molecular weight is 896 g/mol. The fourth-order valence-electron chi connectivity index (χ4n) is 8.37. The minimum atomic E-state index is -0.665. The van der Waals surface area contributed by atoms with Crippen molar-refractivity contribution < 1.29 is 47.2 Å². The highest BCUT2D eigenvalue weighted by molar-refractivity contribution is 6.22. The van der Waals surface area contributed by atoms with Crippen molar-refractivity contribution in [2.75, 3.05) is 21.3 Å². The second-order valence-corrected chi connectivity index (χ2v) is 15.9. The predicted molar refractivity (Wildman–Crippen MR) is 255 cm³/mol. The molecule has 3 heterocycles. The van der Waals surface area contributed by atoms with Gasteiger partial charge in [0.2, 0.25) is 0 Å². The van der Waals surface area contributed by atoms with E-state index in [2.05, 4.69) is 0 Å². The van der Waals surface area contributed by atoms with Crippen LogP contribution in [0.4, 0.5) is 0 Å². The lowest BCUT2D eigenvalue weighted by atomic mass is 9.97. The smallest absolute Gasteiger partial charge is 0.361 e. The third kappa shape index (κ3) is 9.28. The van der Waals surface area contributed by atoms with E-state index in [1.165, 1.54) is 27.4 Å². The van der Waals surface area contributed by atoms with E-state index in [9.17, 15) is 19.2 Å². The van der Waals surface area contributed by atoms with E-state index in [1.807, 2.05) is 97.1 Å². The molecule has 0 amide bonds. The molecule has 0 radical (unpaired) electrons. The molecule has 336 valence electrons. The molecule has 0 aliphatic carbocycles. The van der Waals surface area contributed by atoms with Crippen LogP contribution in [0.2, 0.25) is 0 Å². The Balaban J connectivity index is 1.18. The first kappa shape index (κ1) is 43.9. The first-order valence-electron chi connectivity index (χ1n) is 21.8. The molecular weight excluding hydrogens is 851 g/mol. The van der Waals surface area contributed by atoms with Crippen LogP contribution in [0.15, 0.2) is 155 Å². The maximum atomic E-state index is 14.4. The molecule has 0 saturated carbocycles. The lowest BCUT2D eigenvalue weighted by molar-refractivity contribution is -0.135. The van der Waals surface area contributed by atoms with E-state index >= 15 is 0 Å². The van der Waals surface area contributed by atoms with Gasteiger partial charge in [-0.2, -0.15) is 0 Å². The second-order valence-electron chi connectivity index (χ2n) is 15.9. The molecule has 67 heavy (non-hydrogen) atoms. The molecule has 0 N–H and O–H groups in total. The van der Waals surface area contributed by atoms with Gasteiger partial charge < -0.3 is 37.2 Å². The molecule has 6 aromatic carbocycles. The van der Waals surface area contributed by atoms with Crippen molar-refractivity contribution in [3.8, 4) is 45.6 Å². The summed E-state index contributed by atoms with van der Waals surface area (Å²) < 4.78 is 42.9. The van der Waals surface area contributed by atoms with E-state index in [1.54, 1.807) is 47.0 Å². The summed E-state index contributed by atoms with van der Waals surface area (Å²) in [5.74, 6) is -0.0228. The van der Waals surface area contributed by atoms with Crippen molar-refractivity contribution in [1.29, 1.82) is 0 Å². The van der Waals surface area contributed by atoms with Gasteiger partial charge in [-0.25, -0.2) is 4.79 Å². The van der Waals surface area contributed by atoms with E-state index in [0.717, 1.165) is 16.7 Å². The summed E-state index contributed by atoms with van der Waals surface area (Å²) in [5, 5.41) is 2.29. The van der Waals surface area contributed by atoms with Crippen molar-refractivity contribution in [2.45, 2.75) is 38.5 Å². The molecule has 0 saturated heterocycles. The van der Waals surface area contributed by atoms with Crippen LogP contribution >= 0.6 is 0 Å². The first-order valence-corrected chi connectivity index (χ1v) is 21.8. The summed E-state index contributed by atoms with van der Waals surface area (Å²) >= 11 is 0. The number of fused-ring (bicyclic) bond motifs is 7. The van der Waals surface area contributed by atoms with Gasteiger partial charge in [0.15, 0.2) is 34.5 Å². The van der Waals surface area contributed by atoms with Gasteiger partial charge in [0, 0.05) is 53.2 Å². The average Bonchev–Trinajstić information content (AvgIpc) is 3.72. The maximum Gasteiger partial charge on any atom is 0.361 e. The van der Waals surface area contributed by atoms with Crippen LogP contribution in [0, 0.1) is 0 Å². The Morgan fingerprint density at radius 1 is 0.493 bits per heavy atom. The molecule has 0 bridgehead atoms. The largest absolute Gasteiger partial charge is 0.493 e. The van der Waals surface area contributed by atoms with E-state index in [-0.39, 0.29) is 64.9 Å². The van der Waals surface area contributed by atoms with Crippen molar-refractivity contribution in [3.63, 3.8) is 0 Å². The number of ether oxygens (including phenoxy) is 6. The molecule has 9 rings (SSSR count). The van der Waals surface area contributed by atoms with Gasteiger partial charge in [-0.3, -0.25) is 14.4 Å². The van der Waals surface area contributed by atoms with Gasteiger partial charge in [0.1, 0.15) is 11.1 Å². The number of esters is 3. The molecular formula is C55H45NO11. The number of benzene rings is 6. The number of pyridine rings is 1. The van der Waals surface area contributed by atoms with Gasteiger partial charge in [0.25, 0.3) is 0 Å². The van der Waals surface area contributed by atoms with Crippen molar-refractivity contribution in [1.82, 2.24) is 4.40 Å². The highest BCUT2D eigenvalue weighted by Crippen LogP contribution is 2.46. The number of hydrogen-bond acceptors (Lipinski definition) is 11. The summed E-state index contributed by atoms with van der Waals surface area (Å²) in [6, 6.07) is 42.6. The van der Waals surface area contributed by atoms with Crippen LogP contribution in [0.25, 0.3) is 49.3 Å². The molecule has 0 fully saturated rings. The summed E-state index contributed by atoms with van der Waals surface area (Å²) in [5.41, 5.74) is 4.45. The van der Waals surface area contributed by atoms with Gasteiger partial charge in [0.05, 0.1) is 26.8 Å². The van der Waals surface area contributed by atoms with E-state index in [4.69, 9.17) is 32.8 Å². The number of methoxy groups -OCH3 is 3. The van der Waals surface area contributed by atoms with Crippen LogP contribution in [-0.2, 0) is 33.6 Å². The van der Waals surface area contributed by atoms with Crippen molar-refractivity contribution in [2.24, 2.45) is 0 Å². The molecule has 0 unspecified atom stereocenters. The summed E-state index contributed by atoms with van der Waals surface area (Å²) in [7, 11) is 4.44. The summed E-state index contributed by atoms with van der Waals surface area (Å²) in [6.45, 7) is 0. The number of carbonyl (C=O) groups excluding carboxylic acids is 3. The summed E-state index contributed by atoms with van der Waals surface area (Å²) in [6.07, 6.45) is 3.63. The van der Waals surface area contributed by atoms with Crippen molar-refractivity contribution in [3.05, 3.63) is 173 Å². The maximum absolute atomic E-state index is 14.4. The van der Waals surface area contributed by atoms with Crippen LogP contribution in [0.5, 0.6) is 34.5 Å². The Bertz CT molecular complexity index is 3360. The van der Waals surface area contributed by atoms with Gasteiger partial charge in [-0.05, 0) is 83.3 Å². The monoisotopic (exact) mass is 895 g/mol. The van der Waals surface area contributed by atoms with E-state index < -0.39 is 23.5 Å². The zero-order chi connectivity index (χ0) is 46.4. The van der Waals surface area contributed by atoms with Crippen LogP contribution < -0.4 is 34.0 Å². The number of aromatic nitrogens is 1. The fourth-order valence-corrected chi connectivity index (χ4v) is 8.37. The van der Waals surface area contributed by atoms with Crippen LogP contribution in [0.3, 0.4) is 0 Å². The summed E-state index contributed by atoms with van der Waals surface area (Å²) in [4.78, 5) is 53.9. The van der Waals surface area contributed by atoms with Gasteiger partial charge in [-0.15, -0.1) is 0 Å². The SMILES string of the molecule is COc1cc(-c2c3c4cc(OC)c(OC(=O)CCc5ccccc5)cc4oc(=O)c3n3ccc4cc(OC(=O)CCc5ccccc5)c(OC)cc4c23)ccc1OC(=O)CCc1ccccc1. The van der Waals surface area contributed by atoms with Crippen LogP contribution in [0.1, 0.15) is 36.0 Å². The third-order valence-corrected chi connectivity index (χ3v) is 11.6. The molecule has 12 nitrogen and oxygen atoms in total. The molecule has 0 aliphatic rings. The highest BCUT2D eigenvalue weighted by Gasteiger charge is 2.26. The molecule has 3 aromatic heterocycles. The van der Waals surface area contributed by atoms with Gasteiger partial charge >= 0.3 is 23.5 Å². The molecule has 9 aromatic rings. The number of rotatable bonds is 16.